The lowest BCUT2D eigenvalue weighted by Crippen LogP contribution is -2.12. The first-order valence-electron chi connectivity index (χ1n) is 9.46. The Hall–Kier alpha value is -4.05. The second-order valence-corrected chi connectivity index (χ2v) is 7.84. The van der Waals surface area contributed by atoms with Crippen LogP contribution < -0.4 is 15.4 Å². The Morgan fingerprint density at radius 3 is 2.28 bits per heavy atom. The Labute approximate surface area is 186 Å². The summed E-state index contributed by atoms with van der Waals surface area (Å²) >= 11 is 1.01. The molecule has 2 aromatic carbocycles. The molecular weight excluding hydrogens is 433 g/mol. The number of aromatic nitrogens is 3. The van der Waals surface area contributed by atoms with Crippen LogP contribution in [0.25, 0.3) is 5.69 Å². The molecule has 0 fully saturated rings. The number of nitrogens with zero attached hydrogens (tertiary/aromatic N) is 3. The molecule has 2 amide bonds. The molecular formula is C22H18FN5O3S. The first-order chi connectivity index (χ1) is 15.4. The summed E-state index contributed by atoms with van der Waals surface area (Å²) in [5.41, 5.74) is 1.98. The fourth-order valence-electron chi connectivity index (χ4n) is 2.94. The Balaban J connectivity index is 1.44. The molecule has 2 aromatic heterocycles. The SMILES string of the molecule is COc1ccc(NC(=O)c2ccc(C(=O)Nc3ccc(-n4cncn4)cc3F)s2)c(C)c1. The van der Waals surface area contributed by atoms with Crippen molar-refractivity contribution in [3.63, 3.8) is 0 Å². The number of aryl methyl sites for hydroxylation is 1. The van der Waals surface area contributed by atoms with Crippen molar-refractivity contribution in [2.75, 3.05) is 17.7 Å². The zero-order valence-corrected chi connectivity index (χ0v) is 17.9. The smallest absolute Gasteiger partial charge is 0.265 e. The molecule has 0 unspecified atom stereocenters. The van der Waals surface area contributed by atoms with Gasteiger partial charge in [0.05, 0.1) is 28.2 Å². The van der Waals surface area contributed by atoms with E-state index in [2.05, 4.69) is 20.7 Å². The van der Waals surface area contributed by atoms with E-state index in [-0.39, 0.29) is 16.5 Å². The van der Waals surface area contributed by atoms with Gasteiger partial charge in [0.25, 0.3) is 11.8 Å². The number of halogens is 1. The van der Waals surface area contributed by atoms with E-state index in [9.17, 15) is 14.0 Å². The molecule has 4 rings (SSSR count). The summed E-state index contributed by atoms with van der Waals surface area (Å²) in [5.74, 6) is -0.777. The van der Waals surface area contributed by atoms with Crippen molar-refractivity contribution in [2.45, 2.75) is 6.92 Å². The first-order valence-corrected chi connectivity index (χ1v) is 10.3. The molecule has 2 heterocycles. The lowest BCUT2D eigenvalue weighted by molar-refractivity contribution is 0.102. The molecule has 4 aromatic rings. The van der Waals surface area contributed by atoms with Gasteiger partial charge in [0.2, 0.25) is 0 Å². The topological polar surface area (TPSA) is 98.1 Å². The van der Waals surface area contributed by atoms with Crippen LogP contribution in [0.3, 0.4) is 0 Å². The van der Waals surface area contributed by atoms with Gasteiger partial charge in [0, 0.05) is 11.8 Å². The van der Waals surface area contributed by atoms with Gasteiger partial charge in [-0.1, -0.05) is 0 Å². The fourth-order valence-corrected chi connectivity index (χ4v) is 3.74. The number of hydrogen-bond donors (Lipinski definition) is 2. The first kappa shape index (κ1) is 21.2. The molecule has 0 aliphatic carbocycles. The number of carbonyl (C=O) groups excluding carboxylic acids is 2. The minimum Gasteiger partial charge on any atom is -0.497 e. The maximum atomic E-state index is 14.4. The minimum absolute atomic E-state index is 0.0205. The average Bonchev–Trinajstić information content (AvgIpc) is 3.49. The van der Waals surface area contributed by atoms with Gasteiger partial charge < -0.3 is 15.4 Å². The number of methoxy groups -OCH3 is 1. The highest BCUT2D eigenvalue weighted by Crippen LogP contribution is 2.25. The second kappa shape index (κ2) is 8.98. The van der Waals surface area contributed by atoms with E-state index in [0.717, 1.165) is 16.9 Å². The summed E-state index contributed by atoms with van der Waals surface area (Å²) in [5, 5.41) is 9.29. The summed E-state index contributed by atoms with van der Waals surface area (Å²) in [6, 6.07) is 12.7. The molecule has 2 N–H and O–H groups in total. The maximum absolute atomic E-state index is 14.4. The third kappa shape index (κ3) is 4.49. The highest BCUT2D eigenvalue weighted by Gasteiger charge is 2.16. The number of amides is 2. The number of thiophene rings is 1. The molecule has 0 radical (unpaired) electrons. The normalized spacial score (nSPS) is 10.6. The predicted octanol–water partition coefficient (Wildman–Crippen LogP) is 4.29. The van der Waals surface area contributed by atoms with Crippen LogP contribution in [0.1, 0.15) is 24.9 Å². The molecule has 0 saturated heterocycles. The molecule has 0 aliphatic rings. The van der Waals surface area contributed by atoms with E-state index in [0.29, 0.717) is 22.0 Å². The van der Waals surface area contributed by atoms with Crippen LogP contribution >= 0.6 is 11.3 Å². The van der Waals surface area contributed by atoms with Gasteiger partial charge in [0.15, 0.2) is 0 Å². The predicted molar refractivity (Wildman–Crippen MR) is 119 cm³/mol. The quantitative estimate of drug-likeness (QED) is 0.456. The molecule has 162 valence electrons. The summed E-state index contributed by atoms with van der Waals surface area (Å²) < 4.78 is 21.0. The average molecular weight is 451 g/mol. The largest absolute Gasteiger partial charge is 0.497 e. The fraction of sp³-hybridized carbons (Fsp3) is 0.0909. The Bertz CT molecular complexity index is 1290. The monoisotopic (exact) mass is 451 g/mol. The molecule has 0 saturated carbocycles. The van der Waals surface area contributed by atoms with Crippen molar-refractivity contribution in [3.8, 4) is 11.4 Å². The van der Waals surface area contributed by atoms with Crippen molar-refractivity contribution >= 4 is 34.5 Å². The number of carbonyl (C=O) groups is 2. The van der Waals surface area contributed by atoms with E-state index < -0.39 is 11.7 Å². The Morgan fingerprint density at radius 2 is 1.69 bits per heavy atom. The summed E-state index contributed by atoms with van der Waals surface area (Å²) in [6.45, 7) is 1.86. The van der Waals surface area contributed by atoms with Gasteiger partial charge in [-0.2, -0.15) is 5.10 Å². The second-order valence-electron chi connectivity index (χ2n) is 6.76. The van der Waals surface area contributed by atoms with Crippen LogP contribution in [-0.4, -0.2) is 33.7 Å². The number of benzene rings is 2. The van der Waals surface area contributed by atoms with Crippen LogP contribution in [0.15, 0.2) is 61.2 Å². The molecule has 10 heteroatoms. The molecule has 0 bridgehead atoms. The van der Waals surface area contributed by atoms with Crippen molar-refractivity contribution in [2.24, 2.45) is 0 Å². The summed E-state index contributed by atoms with van der Waals surface area (Å²) in [7, 11) is 1.57. The van der Waals surface area contributed by atoms with E-state index in [4.69, 9.17) is 4.74 Å². The highest BCUT2D eigenvalue weighted by molar-refractivity contribution is 7.16. The van der Waals surface area contributed by atoms with Crippen LogP contribution in [-0.2, 0) is 0 Å². The lowest BCUT2D eigenvalue weighted by Gasteiger charge is -2.09. The zero-order valence-electron chi connectivity index (χ0n) is 17.1. The van der Waals surface area contributed by atoms with Crippen LogP contribution in [0.5, 0.6) is 5.75 Å². The number of ether oxygens (including phenoxy) is 1. The molecule has 0 spiro atoms. The molecule has 0 aliphatic heterocycles. The Kier molecular flexibility index (Phi) is 5.95. The number of rotatable bonds is 6. The Morgan fingerprint density at radius 1 is 1.00 bits per heavy atom. The van der Waals surface area contributed by atoms with Crippen LogP contribution in [0, 0.1) is 12.7 Å². The van der Waals surface area contributed by atoms with E-state index in [1.165, 1.54) is 35.5 Å². The van der Waals surface area contributed by atoms with Gasteiger partial charge in [-0.15, -0.1) is 11.3 Å². The third-order valence-corrected chi connectivity index (χ3v) is 5.70. The zero-order chi connectivity index (χ0) is 22.7. The van der Waals surface area contributed by atoms with Crippen molar-refractivity contribution < 1.29 is 18.7 Å². The van der Waals surface area contributed by atoms with Crippen molar-refractivity contribution in [1.82, 2.24) is 14.8 Å². The van der Waals surface area contributed by atoms with Crippen molar-refractivity contribution in [1.29, 1.82) is 0 Å². The van der Waals surface area contributed by atoms with Gasteiger partial charge in [-0.05, 0) is 55.0 Å². The summed E-state index contributed by atoms with van der Waals surface area (Å²) in [4.78, 5) is 29.6. The highest BCUT2D eigenvalue weighted by atomic mass is 32.1. The third-order valence-electron chi connectivity index (χ3n) is 4.62. The van der Waals surface area contributed by atoms with E-state index >= 15 is 0 Å². The van der Waals surface area contributed by atoms with Gasteiger partial charge in [-0.25, -0.2) is 14.1 Å². The van der Waals surface area contributed by atoms with Gasteiger partial charge >= 0.3 is 0 Å². The molecule has 0 atom stereocenters. The van der Waals surface area contributed by atoms with E-state index in [1.807, 2.05) is 13.0 Å². The summed E-state index contributed by atoms with van der Waals surface area (Å²) in [6.07, 6.45) is 2.78. The molecule has 8 nitrogen and oxygen atoms in total. The van der Waals surface area contributed by atoms with Crippen LogP contribution in [0.4, 0.5) is 15.8 Å². The van der Waals surface area contributed by atoms with Crippen molar-refractivity contribution in [3.05, 3.63) is 82.3 Å². The number of hydrogen-bond acceptors (Lipinski definition) is 6. The number of nitrogens with one attached hydrogen (secondary N) is 2. The standard InChI is InChI=1S/C22H18FN5O3S/c1-13-9-15(31-2)4-6-17(13)26-21(29)19-7-8-20(32-19)22(30)27-18-5-3-14(10-16(18)23)28-12-24-11-25-28/h3-12H,1-2H3,(H,26,29)(H,27,30). The van der Waals surface area contributed by atoms with Gasteiger partial charge in [0.1, 0.15) is 24.2 Å². The molecule has 32 heavy (non-hydrogen) atoms. The minimum atomic E-state index is -0.615. The van der Waals surface area contributed by atoms with Crippen LogP contribution in [0.2, 0.25) is 0 Å². The lowest BCUT2D eigenvalue weighted by atomic mass is 10.2. The van der Waals surface area contributed by atoms with E-state index in [1.54, 1.807) is 31.4 Å². The maximum Gasteiger partial charge on any atom is 0.265 e. The van der Waals surface area contributed by atoms with Gasteiger partial charge in [-0.3, -0.25) is 9.59 Å². The number of anilines is 2.